The Bertz CT molecular complexity index is 1160. The van der Waals surface area contributed by atoms with Crippen LogP contribution in [-0.4, -0.2) is 83.1 Å². The van der Waals surface area contributed by atoms with Crippen molar-refractivity contribution in [2.24, 2.45) is 5.41 Å². The van der Waals surface area contributed by atoms with Gasteiger partial charge < -0.3 is 24.8 Å². The van der Waals surface area contributed by atoms with Crippen molar-refractivity contribution in [3.8, 4) is 12.1 Å². The van der Waals surface area contributed by atoms with E-state index in [-0.39, 0.29) is 17.3 Å². The average Bonchev–Trinajstić information content (AvgIpc) is 3.51. The van der Waals surface area contributed by atoms with E-state index in [0.29, 0.717) is 49.5 Å². The first kappa shape index (κ1) is 24.0. The summed E-state index contributed by atoms with van der Waals surface area (Å²) in [5, 5.41) is 13.4. The second-order valence-corrected chi connectivity index (χ2v) is 10.0. The van der Waals surface area contributed by atoms with Gasteiger partial charge in [-0.15, -0.1) is 0 Å². The van der Waals surface area contributed by atoms with Crippen LogP contribution in [-0.2, 0) is 11.3 Å². The summed E-state index contributed by atoms with van der Waals surface area (Å²) in [5.41, 5.74) is 1.41. The third-order valence-corrected chi connectivity index (χ3v) is 7.52. The highest BCUT2D eigenvalue weighted by Gasteiger charge is 2.49. The Hall–Kier alpha value is -3.71. The fourth-order valence-corrected chi connectivity index (χ4v) is 5.42. The zero-order chi connectivity index (χ0) is 25.1. The number of carbonyl (C=O) groups excluding carboxylic acids is 1. The molecular formula is C26H32N8O2. The number of ether oxygens (including phenoxy) is 1. The summed E-state index contributed by atoms with van der Waals surface area (Å²) in [5.74, 6) is 1.01. The maximum absolute atomic E-state index is 12.0. The number of hydrogen-bond donors (Lipinski definition) is 1. The number of pyridine rings is 1. The van der Waals surface area contributed by atoms with Gasteiger partial charge in [0.05, 0.1) is 0 Å². The van der Waals surface area contributed by atoms with Crippen molar-refractivity contribution in [1.82, 2.24) is 24.8 Å². The summed E-state index contributed by atoms with van der Waals surface area (Å²) >= 11 is 0. The highest BCUT2D eigenvalue weighted by atomic mass is 16.5. The van der Waals surface area contributed by atoms with Gasteiger partial charge in [-0.1, -0.05) is 12.6 Å². The molecule has 10 nitrogen and oxygen atoms in total. The molecule has 188 valence electrons. The Morgan fingerprint density at radius 3 is 2.92 bits per heavy atom. The largest absolute Gasteiger partial charge is 0.462 e. The lowest BCUT2D eigenvalue weighted by molar-refractivity contribution is -0.136. The molecule has 0 radical (unpaired) electrons. The van der Waals surface area contributed by atoms with Crippen molar-refractivity contribution in [3.63, 3.8) is 0 Å². The first-order valence-electron chi connectivity index (χ1n) is 12.4. The number of nitrogens with one attached hydrogen (secondary N) is 1. The maximum atomic E-state index is 12.0. The van der Waals surface area contributed by atoms with Gasteiger partial charge in [-0.25, -0.2) is 0 Å². The number of anilines is 2. The van der Waals surface area contributed by atoms with Gasteiger partial charge in [0.2, 0.25) is 5.91 Å². The van der Waals surface area contributed by atoms with Gasteiger partial charge in [0.15, 0.2) is 11.6 Å². The minimum Gasteiger partial charge on any atom is -0.462 e. The Morgan fingerprint density at radius 2 is 2.22 bits per heavy atom. The lowest BCUT2D eigenvalue weighted by atomic mass is 9.79. The van der Waals surface area contributed by atoms with Gasteiger partial charge in [0, 0.05) is 56.6 Å². The molecule has 3 saturated heterocycles. The molecular weight excluding hydrogens is 456 g/mol. The molecule has 5 rings (SSSR count). The fraction of sp³-hybridized carbons (Fsp3) is 0.500. The molecule has 10 heteroatoms. The predicted octanol–water partition coefficient (Wildman–Crippen LogP) is 2.05. The van der Waals surface area contributed by atoms with Gasteiger partial charge in [-0.05, 0) is 50.6 Å². The number of nitriles is 1. The molecule has 3 fully saturated rings. The Balaban J connectivity index is 1.38. The van der Waals surface area contributed by atoms with Crippen molar-refractivity contribution in [3.05, 3.63) is 48.3 Å². The first-order chi connectivity index (χ1) is 17.5. The van der Waals surface area contributed by atoms with E-state index in [1.165, 1.54) is 6.08 Å². The number of hydrogen-bond acceptors (Lipinski definition) is 9. The van der Waals surface area contributed by atoms with Crippen LogP contribution in [0, 0.1) is 16.7 Å². The van der Waals surface area contributed by atoms with E-state index in [1.807, 2.05) is 17.0 Å². The molecule has 2 aromatic heterocycles. The summed E-state index contributed by atoms with van der Waals surface area (Å²) in [7, 11) is 2.11. The molecule has 0 saturated carbocycles. The standard InChI is InChI=1S/C26H32N8O2/c1-3-22(35)34-17-26(18-34)8-11-33(16-26)24-21(12-27)23(29-14-19-6-4-9-28-13-19)30-25(31-24)36-15-20-7-5-10-32(20)2/h3-4,6,9,13,20H,1,5,7-8,10-11,14-18H2,2H3,(H,29,30,31)/t20-/m0/s1. The molecule has 2 aromatic rings. The number of nitrogens with zero attached hydrogens (tertiary/aromatic N) is 7. The Labute approximate surface area is 211 Å². The second kappa shape index (κ2) is 10.1. The van der Waals surface area contributed by atoms with Crippen LogP contribution in [0.2, 0.25) is 0 Å². The minimum absolute atomic E-state index is 0.0211. The summed E-state index contributed by atoms with van der Waals surface area (Å²) in [6, 6.07) is 6.78. The number of likely N-dealkylation sites (tertiary alicyclic amines) is 2. The van der Waals surface area contributed by atoms with E-state index >= 15 is 0 Å². The van der Waals surface area contributed by atoms with Crippen molar-refractivity contribution < 1.29 is 9.53 Å². The Morgan fingerprint density at radius 1 is 1.36 bits per heavy atom. The number of amides is 1. The third kappa shape index (κ3) is 4.84. The molecule has 0 aromatic carbocycles. The molecule has 1 atom stereocenters. The molecule has 36 heavy (non-hydrogen) atoms. The van der Waals surface area contributed by atoms with Crippen LogP contribution in [0.3, 0.4) is 0 Å². The van der Waals surface area contributed by atoms with Gasteiger partial charge in [-0.3, -0.25) is 9.78 Å². The summed E-state index contributed by atoms with van der Waals surface area (Å²) in [4.78, 5) is 31.7. The van der Waals surface area contributed by atoms with E-state index in [9.17, 15) is 10.1 Å². The van der Waals surface area contributed by atoms with E-state index < -0.39 is 0 Å². The average molecular weight is 489 g/mol. The SMILES string of the molecule is C=CC(=O)N1CC2(CCN(c3nc(OC[C@@H]4CCCN4C)nc(NCc4cccnc4)c3C#N)C2)C1. The predicted molar refractivity (Wildman–Crippen MR) is 135 cm³/mol. The van der Waals surface area contributed by atoms with Crippen LogP contribution in [0.1, 0.15) is 30.4 Å². The van der Waals surface area contributed by atoms with Crippen LogP contribution in [0.25, 0.3) is 0 Å². The molecule has 0 bridgehead atoms. The molecule has 0 aliphatic carbocycles. The number of likely N-dealkylation sites (N-methyl/N-ethyl adjacent to an activating group) is 1. The van der Waals surface area contributed by atoms with Gasteiger partial charge >= 0.3 is 6.01 Å². The zero-order valence-corrected chi connectivity index (χ0v) is 20.7. The summed E-state index contributed by atoms with van der Waals surface area (Å²) in [6.45, 7) is 8.52. The molecule has 1 amide bonds. The van der Waals surface area contributed by atoms with Gasteiger partial charge in [0.1, 0.15) is 18.2 Å². The van der Waals surface area contributed by atoms with Gasteiger partial charge in [-0.2, -0.15) is 15.2 Å². The maximum Gasteiger partial charge on any atom is 0.320 e. The zero-order valence-electron chi connectivity index (χ0n) is 20.7. The topological polar surface area (TPSA) is 111 Å². The fourth-order valence-electron chi connectivity index (χ4n) is 5.42. The molecule has 1 spiro atoms. The molecule has 1 N–H and O–H groups in total. The highest BCUT2D eigenvalue weighted by molar-refractivity contribution is 5.87. The summed E-state index contributed by atoms with van der Waals surface area (Å²) in [6.07, 6.45) is 8.05. The van der Waals surface area contributed by atoms with Crippen molar-refractivity contribution in [1.29, 1.82) is 5.26 Å². The number of aromatic nitrogens is 3. The van der Waals surface area contributed by atoms with E-state index in [0.717, 1.165) is 44.5 Å². The van der Waals surface area contributed by atoms with Crippen LogP contribution in [0.4, 0.5) is 11.6 Å². The first-order valence-corrected chi connectivity index (χ1v) is 12.4. The van der Waals surface area contributed by atoms with Crippen molar-refractivity contribution >= 4 is 17.5 Å². The van der Waals surface area contributed by atoms with Crippen molar-refractivity contribution in [2.75, 3.05) is 56.6 Å². The molecule has 0 unspecified atom stereocenters. The van der Waals surface area contributed by atoms with Crippen molar-refractivity contribution in [2.45, 2.75) is 31.8 Å². The smallest absolute Gasteiger partial charge is 0.320 e. The van der Waals surface area contributed by atoms with E-state index in [1.54, 1.807) is 12.4 Å². The third-order valence-electron chi connectivity index (χ3n) is 7.52. The number of carbonyl (C=O) groups is 1. The number of rotatable bonds is 8. The van der Waals surface area contributed by atoms with Crippen LogP contribution >= 0.6 is 0 Å². The molecule has 5 heterocycles. The molecule has 3 aliphatic rings. The monoisotopic (exact) mass is 488 g/mol. The van der Waals surface area contributed by atoms with Gasteiger partial charge in [0.25, 0.3) is 0 Å². The van der Waals surface area contributed by atoms with Crippen LogP contribution < -0.4 is 15.0 Å². The second-order valence-electron chi connectivity index (χ2n) is 10.0. The Kier molecular flexibility index (Phi) is 6.74. The highest BCUT2D eigenvalue weighted by Crippen LogP contribution is 2.42. The molecule has 3 aliphatic heterocycles. The summed E-state index contributed by atoms with van der Waals surface area (Å²) < 4.78 is 6.09. The van der Waals surface area contributed by atoms with Crippen LogP contribution in [0.5, 0.6) is 6.01 Å². The van der Waals surface area contributed by atoms with Crippen LogP contribution in [0.15, 0.2) is 37.2 Å². The van der Waals surface area contributed by atoms with E-state index in [4.69, 9.17) is 9.72 Å². The lowest BCUT2D eigenvalue weighted by Crippen LogP contribution is -2.59. The normalized spacial score (nSPS) is 20.7. The lowest BCUT2D eigenvalue weighted by Gasteiger charge is -2.47. The minimum atomic E-state index is -0.0340. The quantitative estimate of drug-likeness (QED) is 0.558. The van der Waals surface area contributed by atoms with E-state index in [2.05, 4.69) is 44.8 Å².